The van der Waals surface area contributed by atoms with Gasteiger partial charge in [-0.15, -0.1) is 0 Å². The lowest BCUT2D eigenvalue weighted by Crippen LogP contribution is -1.93. The zero-order valence-electron chi connectivity index (χ0n) is 11.1. The van der Waals surface area contributed by atoms with Crippen molar-refractivity contribution in [2.45, 2.75) is 12.8 Å². The summed E-state index contributed by atoms with van der Waals surface area (Å²) in [4.78, 5) is 4.53. The highest BCUT2D eigenvalue weighted by molar-refractivity contribution is 5.39. The van der Waals surface area contributed by atoms with Crippen molar-refractivity contribution in [3.8, 4) is 0 Å². The predicted octanol–water partition coefficient (Wildman–Crippen LogP) is 2.57. The molecule has 0 saturated carbocycles. The molecule has 0 atom stereocenters. The molecule has 1 heterocycles. The van der Waals surface area contributed by atoms with Crippen molar-refractivity contribution in [3.05, 3.63) is 77.4 Å². The number of rotatable bonds is 4. The Kier molecular flexibility index (Phi) is 3.46. The Bertz CT molecular complexity index is 671. The van der Waals surface area contributed by atoms with Crippen LogP contribution >= 0.6 is 0 Å². The molecular formula is C16H16N4. The second kappa shape index (κ2) is 5.57. The fourth-order valence-electron chi connectivity index (χ4n) is 2.10. The lowest BCUT2D eigenvalue weighted by Gasteiger charge is -1.98. The molecule has 0 radical (unpaired) electrons. The SMILES string of the molecule is Nc1ccc(Cc2n[nH]c(Cc3ccccc3)n2)cc1. The Morgan fingerprint density at radius 2 is 1.55 bits per heavy atom. The van der Waals surface area contributed by atoms with E-state index >= 15 is 0 Å². The number of nitrogens with one attached hydrogen (secondary N) is 1. The van der Waals surface area contributed by atoms with Crippen molar-refractivity contribution in [2.75, 3.05) is 5.73 Å². The third kappa shape index (κ3) is 3.03. The van der Waals surface area contributed by atoms with E-state index in [9.17, 15) is 0 Å². The summed E-state index contributed by atoms with van der Waals surface area (Å²) in [6, 6.07) is 18.0. The van der Waals surface area contributed by atoms with Gasteiger partial charge < -0.3 is 5.73 Å². The number of H-pyrrole nitrogens is 1. The van der Waals surface area contributed by atoms with Gasteiger partial charge in [0.25, 0.3) is 0 Å². The highest BCUT2D eigenvalue weighted by Crippen LogP contribution is 2.10. The number of nitrogen functional groups attached to an aromatic ring is 1. The van der Waals surface area contributed by atoms with Crippen molar-refractivity contribution in [1.29, 1.82) is 0 Å². The first-order valence-corrected chi connectivity index (χ1v) is 6.58. The minimum absolute atomic E-state index is 0.714. The lowest BCUT2D eigenvalue weighted by atomic mass is 10.1. The second-order valence-corrected chi connectivity index (χ2v) is 4.78. The van der Waals surface area contributed by atoms with Gasteiger partial charge >= 0.3 is 0 Å². The molecule has 0 aliphatic rings. The maximum absolute atomic E-state index is 5.67. The lowest BCUT2D eigenvalue weighted by molar-refractivity contribution is 0.958. The standard InChI is InChI=1S/C16H16N4/c17-14-8-6-13(7-9-14)11-16-18-15(19-20-16)10-12-4-2-1-3-5-12/h1-9H,10-11,17H2,(H,18,19,20). The van der Waals surface area contributed by atoms with Gasteiger partial charge in [0.15, 0.2) is 5.82 Å². The fourth-order valence-corrected chi connectivity index (χ4v) is 2.10. The molecule has 0 amide bonds. The number of benzene rings is 2. The first-order valence-electron chi connectivity index (χ1n) is 6.58. The Labute approximate surface area is 117 Å². The van der Waals surface area contributed by atoms with Gasteiger partial charge in [0.05, 0.1) is 0 Å². The summed E-state index contributed by atoms with van der Waals surface area (Å²) >= 11 is 0. The summed E-state index contributed by atoms with van der Waals surface area (Å²) in [7, 11) is 0. The van der Waals surface area contributed by atoms with Crippen LogP contribution in [0.1, 0.15) is 22.8 Å². The number of anilines is 1. The average molecular weight is 264 g/mol. The van der Waals surface area contributed by atoms with Gasteiger partial charge in [0.2, 0.25) is 0 Å². The van der Waals surface area contributed by atoms with E-state index in [1.165, 1.54) is 5.56 Å². The van der Waals surface area contributed by atoms with Crippen LogP contribution in [0.5, 0.6) is 0 Å². The molecular weight excluding hydrogens is 248 g/mol. The fraction of sp³-hybridized carbons (Fsp3) is 0.125. The van der Waals surface area contributed by atoms with Crippen LogP contribution in [0.4, 0.5) is 5.69 Å². The van der Waals surface area contributed by atoms with Gasteiger partial charge in [-0.25, -0.2) is 4.98 Å². The molecule has 3 N–H and O–H groups in total. The van der Waals surface area contributed by atoms with Crippen LogP contribution in [0, 0.1) is 0 Å². The van der Waals surface area contributed by atoms with E-state index in [1.807, 2.05) is 42.5 Å². The molecule has 3 rings (SSSR count). The Morgan fingerprint density at radius 1 is 0.850 bits per heavy atom. The van der Waals surface area contributed by atoms with Gasteiger partial charge in [-0.1, -0.05) is 42.5 Å². The Balaban J connectivity index is 1.69. The van der Waals surface area contributed by atoms with Crippen molar-refractivity contribution in [1.82, 2.24) is 15.2 Å². The molecule has 3 aromatic rings. The molecule has 2 aromatic carbocycles. The molecule has 20 heavy (non-hydrogen) atoms. The van der Waals surface area contributed by atoms with E-state index in [0.717, 1.165) is 29.3 Å². The average Bonchev–Trinajstić information content (AvgIpc) is 2.90. The summed E-state index contributed by atoms with van der Waals surface area (Å²) < 4.78 is 0. The maximum atomic E-state index is 5.67. The predicted molar refractivity (Wildman–Crippen MR) is 79.3 cm³/mol. The Morgan fingerprint density at radius 3 is 2.30 bits per heavy atom. The van der Waals surface area contributed by atoms with E-state index in [4.69, 9.17) is 5.73 Å². The summed E-state index contributed by atoms with van der Waals surface area (Å²) in [5.74, 6) is 1.70. The van der Waals surface area contributed by atoms with Crippen LogP contribution in [0.25, 0.3) is 0 Å². The molecule has 0 unspecified atom stereocenters. The van der Waals surface area contributed by atoms with Crippen molar-refractivity contribution < 1.29 is 0 Å². The first kappa shape index (κ1) is 12.4. The number of hydrogen-bond acceptors (Lipinski definition) is 3. The van der Waals surface area contributed by atoms with Gasteiger partial charge in [-0.2, -0.15) is 5.10 Å². The first-order chi connectivity index (χ1) is 9.79. The maximum Gasteiger partial charge on any atom is 0.155 e. The number of aromatic nitrogens is 3. The summed E-state index contributed by atoms with van der Waals surface area (Å²) in [6.45, 7) is 0. The van der Waals surface area contributed by atoms with E-state index in [1.54, 1.807) is 0 Å². The third-order valence-corrected chi connectivity index (χ3v) is 3.13. The minimum Gasteiger partial charge on any atom is -0.399 e. The van der Waals surface area contributed by atoms with Gasteiger partial charge in [-0.05, 0) is 23.3 Å². The summed E-state index contributed by atoms with van der Waals surface area (Å²) in [6.07, 6.45) is 1.49. The van der Waals surface area contributed by atoms with Crippen LogP contribution < -0.4 is 5.73 Å². The molecule has 0 bridgehead atoms. The zero-order valence-corrected chi connectivity index (χ0v) is 11.1. The third-order valence-electron chi connectivity index (χ3n) is 3.13. The molecule has 0 saturated heterocycles. The van der Waals surface area contributed by atoms with E-state index in [2.05, 4.69) is 27.3 Å². The largest absolute Gasteiger partial charge is 0.399 e. The van der Waals surface area contributed by atoms with Gasteiger partial charge in [0.1, 0.15) is 5.82 Å². The topological polar surface area (TPSA) is 67.6 Å². The summed E-state index contributed by atoms with van der Waals surface area (Å²) in [5, 5.41) is 7.26. The summed E-state index contributed by atoms with van der Waals surface area (Å²) in [5.41, 5.74) is 8.83. The minimum atomic E-state index is 0.714. The van der Waals surface area contributed by atoms with Crippen LogP contribution in [-0.2, 0) is 12.8 Å². The van der Waals surface area contributed by atoms with Crippen LogP contribution in [0.15, 0.2) is 54.6 Å². The molecule has 0 aliphatic heterocycles. The number of nitrogens with zero attached hydrogens (tertiary/aromatic N) is 2. The molecule has 4 nitrogen and oxygen atoms in total. The van der Waals surface area contributed by atoms with Gasteiger partial charge in [-0.3, -0.25) is 5.10 Å². The monoisotopic (exact) mass is 264 g/mol. The highest BCUT2D eigenvalue weighted by Gasteiger charge is 2.05. The van der Waals surface area contributed by atoms with Crippen LogP contribution in [-0.4, -0.2) is 15.2 Å². The zero-order chi connectivity index (χ0) is 13.8. The number of aromatic amines is 1. The number of nitrogens with two attached hydrogens (primary N) is 1. The highest BCUT2D eigenvalue weighted by atomic mass is 15.2. The van der Waals surface area contributed by atoms with Crippen LogP contribution in [0.3, 0.4) is 0 Å². The molecule has 0 fully saturated rings. The number of hydrogen-bond donors (Lipinski definition) is 2. The molecule has 1 aromatic heterocycles. The molecule has 0 spiro atoms. The molecule has 100 valence electrons. The normalized spacial score (nSPS) is 10.6. The molecule has 4 heteroatoms. The second-order valence-electron chi connectivity index (χ2n) is 4.78. The molecule has 0 aliphatic carbocycles. The van der Waals surface area contributed by atoms with Crippen LogP contribution in [0.2, 0.25) is 0 Å². The van der Waals surface area contributed by atoms with Crippen molar-refractivity contribution in [3.63, 3.8) is 0 Å². The quantitative estimate of drug-likeness (QED) is 0.712. The smallest absolute Gasteiger partial charge is 0.155 e. The van der Waals surface area contributed by atoms with E-state index in [-0.39, 0.29) is 0 Å². The van der Waals surface area contributed by atoms with Crippen molar-refractivity contribution in [2.24, 2.45) is 0 Å². The van der Waals surface area contributed by atoms with Gasteiger partial charge in [0, 0.05) is 18.5 Å². The van der Waals surface area contributed by atoms with E-state index in [0.29, 0.717) is 6.42 Å². The van der Waals surface area contributed by atoms with E-state index < -0.39 is 0 Å². The Hall–Kier alpha value is -2.62. The van der Waals surface area contributed by atoms with Crippen molar-refractivity contribution >= 4 is 5.69 Å².